The van der Waals surface area contributed by atoms with Gasteiger partial charge in [0, 0.05) is 0 Å². The summed E-state index contributed by atoms with van der Waals surface area (Å²) in [5, 5.41) is 0. The van der Waals surface area contributed by atoms with Crippen molar-refractivity contribution in [3.63, 3.8) is 0 Å². The van der Waals surface area contributed by atoms with Crippen LogP contribution < -0.4 is 0 Å². The van der Waals surface area contributed by atoms with Crippen LogP contribution in [-0.2, 0) is 0 Å². The maximum atomic E-state index is 2.26. The van der Waals surface area contributed by atoms with Gasteiger partial charge in [-0.1, -0.05) is 24.3 Å². The van der Waals surface area contributed by atoms with E-state index in [1.54, 1.807) is 0 Å². The first kappa shape index (κ1) is 6.04. The van der Waals surface area contributed by atoms with Gasteiger partial charge in [-0.05, 0) is 18.7 Å². The van der Waals surface area contributed by atoms with E-state index in [-0.39, 0.29) is 0 Å². The Labute approximate surface area is 52.5 Å². The smallest absolute Gasteiger partial charge is 0.00104 e. The Morgan fingerprint density at radius 3 is 2.50 bits per heavy atom. The molecule has 0 aromatic rings. The van der Waals surface area contributed by atoms with Gasteiger partial charge in [-0.25, -0.2) is 0 Å². The summed E-state index contributed by atoms with van der Waals surface area (Å²) in [6.45, 7) is 2.25. The highest BCUT2D eigenvalue weighted by Crippen LogP contribution is 2.16. The molecule has 0 aliphatic heterocycles. The first-order chi connectivity index (χ1) is 3.93. The van der Waals surface area contributed by atoms with Crippen LogP contribution in [0.1, 0.15) is 0 Å². The van der Waals surface area contributed by atoms with Gasteiger partial charge in [0.2, 0.25) is 0 Å². The summed E-state index contributed by atoms with van der Waals surface area (Å²) in [4.78, 5) is 0. The molecule has 1 aliphatic carbocycles. The minimum Gasteiger partial charge on any atom is -0.124 e. The molecule has 0 fully saturated rings. The second-order valence-electron chi connectivity index (χ2n) is 1.99. The molecule has 1 atom stereocenters. The van der Waals surface area contributed by atoms with E-state index in [4.69, 9.17) is 0 Å². The van der Waals surface area contributed by atoms with Gasteiger partial charge in [-0.3, -0.25) is 0 Å². The van der Waals surface area contributed by atoms with Gasteiger partial charge in [-0.2, -0.15) is 0 Å². The van der Waals surface area contributed by atoms with E-state index in [9.17, 15) is 0 Å². The van der Waals surface area contributed by atoms with Crippen LogP contribution in [0.25, 0.3) is 0 Å². The van der Waals surface area contributed by atoms with Crippen LogP contribution in [0.4, 0.5) is 0 Å². The normalized spacial score (nSPS) is 19.6. The molecule has 0 saturated carbocycles. The topological polar surface area (TPSA) is 0 Å². The molecule has 0 bridgehead atoms. The van der Waals surface area contributed by atoms with Gasteiger partial charge >= 0.3 is 0 Å². The fourth-order valence-corrected chi connectivity index (χ4v) is 1.59. The molecule has 44 valence electrons. The van der Waals surface area contributed by atoms with Crippen molar-refractivity contribution >= 4 is 8.58 Å². The summed E-state index contributed by atoms with van der Waals surface area (Å²) in [6, 6.07) is 0. The van der Waals surface area contributed by atoms with Crippen LogP contribution in [0.2, 0.25) is 0 Å². The summed E-state index contributed by atoms with van der Waals surface area (Å²) in [5.74, 6) is 0.762. The van der Waals surface area contributed by atoms with Gasteiger partial charge in [-0.15, -0.1) is 8.58 Å². The maximum Gasteiger partial charge on any atom is -0.00104 e. The monoisotopic (exact) mass is 126 g/mol. The van der Waals surface area contributed by atoms with E-state index in [0.29, 0.717) is 0 Å². The Bertz CT molecular complexity index is 102. The Morgan fingerprint density at radius 2 is 2.00 bits per heavy atom. The van der Waals surface area contributed by atoms with Gasteiger partial charge in [0.25, 0.3) is 0 Å². The predicted molar refractivity (Wildman–Crippen MR) is 40.9 cm³/mol. The lowest BCUT2D eigenvalue weighted by Gasteiger charge is -1.98. The summed E-state index contributed by atoms with van der Waals surface area (Å²) in [6.07, 6.45) is 10.1. The minimum absolute atomic E-state index is 0.762. The highest BCUT2D eigenvalue weighted by atomic mass is 31.1. The molecule has 1 unspecified atom stereocenters. The molecular weight excluding hydrogens is 115 g/mol. The second-order valence-corrected chi connectivity index (χ2v) is 3.11. The van der Waals surface area contributed by atoms with E-state index in [0.717, 1.165) is 14.5 Å². The number of hydrogen-bond donors (Lipinski definition) is 0. The average molecular weight is 126 g/mol. The Balaban J connectivity index is 2.27. The summed E-state index contributed by atoms with van der Waals surface area (Å²) < 4.78 is 0. The number of rotatable bonds is 2. The Hall–Kier alpha value is -0.0900. The molecule has 0 N–H and O–H groups in total. The molecule has 0 spiro atoms. The lowest BCUT2D eigenvalue weighted by Crippen LogP contribution is -1.89. The molecule has 0 aromatic carbocycles. The zero-order valence-corrected chi connectivity index (χ0v) is 6.09. The fraction of sp³-hybridized carbons (Fsp3) is 0.429. The highest BCUT2D eigenvalue weighted by molar-refractivity contribution is 7.37. The zero-order chi connectivity index (χ0) is 5.82. The van der Waals surface area contributed by atoms with E-state index >= 15 is 0 Å². The molecule has 1 heteroatoms. The van der Waals surface area contributed by atoms with Crippen molar-refractivity contribution in [3.05, 3.63) is 24.3 Å². The molecule has 0 heterocycles. The van der Waals surface area contributed by atoms with Gasteiger partial charge in [0.1, 0.15) is 0 Å². The number of allylic oxidation sites excluding steroid dienone is 4. The highest BCUT2D eigenvalue weighted by Gasteiger charge is 1.99. The van der Waals surface area contributed by atoms with E-state index in [2.05, 4.69) is 31.0 Å². The predicted octanol–water partition coefficient (Wildman–Crippen LogP) is 2.04. The van der Waals surface area contributed by atoms with Crippen molar-refractivity contribution in [2.75, 3.05) is 12.8 Å². The standard InChI is InChI=1S/C7H11P/c1-8-6-7-4-2-3-5-7/h2-5,7-8H,6H2,1H3. The van der Waals surface area contributed by atoms with Crippen molar-refractivity contribution in [3.8, 4) is 0 Å². The lowest BCUT2D eigenvalue weighted by atomic mass is 10.2. The van der Waals surface area contributed by atoms with Crippen molar-refractivity contribution in [2.24, 2.45) is 5.92 Å². The Kier molecular flexibility index (Phi) is 2.29. The molecule has 0 radical (unpaired) electrons. The summed E-state index contributed by atoms with van der Waals surface area (Å²) in [5.41, 5.74) is 0. The van der Waals surface area contributed by atoms with Crippen LogP contribution in [0.5, 0.6) is 0 Å². The van der Waals surface area contributed by atoms with Crippen molar-refractivity contribution in [1.82, 2.24) is 0 Å². The van der Waals surface area contributed by atoms with E-state index in [1.807, 2.05) is 0 Å². The summed E-state index contributed by atoms with van der Waals surface area (Å²) in [7, 11) is 1.09. The van der Waals surface area contributed by atoms with Crippen LogP contribution in [0.3, 0.4) is 0 Å². The third kappa shape index (κ3) is 1.45. The summed E-state index contributed by atoms with van der Waals surface area (Å²) >= 11 is 0. The molecule has 0 amide bonds. The van der Waals surface area contributed by atoms with Crippen LogP contribution in [0, 0.1) is 5.92 Å². The fourth-order valence-electron chi connectivity index (χ4n) is 0.850. The SMILES string of the molecule is CPCC1C=CC=C1. The molecule has 0 aromatic heterocycles. The van der Waals surface area contributed by atoms with Gasteiger partial charge in [0.05, 0.1) is 0 Å². The van der Waals surface area contributed by atoms with Crippen molar-refractivity contribution in [2.45, 2.75) is 0 Å². The first-order valence-electron chi connectivity index (χ1n) is 2.93. The van der Waals surface area contributed by atoms with Crippen LogP contribution in [-0.4, -0.2) is 12.8 Å². The van der Waals surface area contributed by atoms with E-state index in [1.165, 1.54) is 6.16 Å². The molecule has 1 rings (SSSR count). The van der Waals surface area contributed by atoms with Crippen molar-refractivity contribution in [1.29, 1.82) is 0 Å². The van der Waals surface area contributed by atoms with Crippen molar-refractivity contribution < 1.29 is 0 Å². The Morgan fingerprint density at radius 1 is 1.38 bits per heavy atom. The quantitative estimate of drug-likeness (QED) is 0.496. The second kappa shape index (κ2) is 3.04. The lowest BCUT2D eigenvalue weighted by molar-refractivity contribution is 0.973. The number of hydrogen-bond acceptors (Lipinski definition) is 0. The minimum atomic E-state index is 0.762. The van der Waals surface area contributed by atoms with Gasteiger partial charge < -0.3 is 0 Å². The molecular formula is C7H11P. The maximum absolute atomic E-state index is 2.26. The molecule has 0 nitrogen and oxygen atoms in total. The molecule has 1 aliphatic rings. The average Bonchev–Trinajstić information content (AvgIpc) is 2.19. The van der Waals surface area contributed by atoms with E-state index < -0.39 is 0 Å². The third-order valence-corrected chi connectivity index (χ3v) is 2.15. The molecule has 0 saturated heterocycles. The largest absolute Gasteiger partial charge is 0.124 e. The third-order valence-electron chi connectivity index (χ3n) is 1.27. The van der Waals surface area contributed by atoms with Crippen LogP contribution in [0.15, 0.2) is 24.3 Å². The molecule has 8 heavy (non-hydrogen) atoms. The van der Waals surface area contributed by atoms with Gasteiger partial charge in [0.15, 0.2) is 0 Å². The first-order valence-corrected chi connectivity index (χ1v) is 4.64. The van der Waals surface area contributed by atoms with Crippen LogP contribution >= 0.6 is 8.58 Å². The zero-order valence-electron chi connectivity index (χ0n) is 5.09.